The van der Waals surface area contributed by atoms with Gasteiger partial charge in [0, 0.05) is 38.6 Å². The largest absolute Gasteiger partial charge is 0.481 e. The van der Waals surface area contributed by atoms with E-state index in [9.17, 15) is 14.0 Å². The third-order valence-corrected chi connectivity index (χ3v) is 5.94. The van der Waals surface area contributed by atoms with E-state index in [1.54, 1.807) is 6.07 Å². The van der Waals surface area contributed by atoms with Crippen LogP contribution in [0.5, 0.6) is 0 Å². The van der Waals surface area contributed by atoms with Gasteiger partial charge in [0.1, 0.15) is 5.82 Å². The highest BCUT2D eigenvalue weighted by atomic mass is 19.1. The summed E-state index contributed by atoms with van der Waals surface area (Å²) in [5, 5.41) is 9.12. The van der Waals surface area contributed by atoms with E-state index in [-0.39, 0.29) is 30.5 Å². The molecule has 2 saturated heterocycles. The number of ether oxygens (including phenoxy) is 1. The molecular weight excluding hydrogens is 363 g/mol. The molecule has 28 heavy (non-hydrogen) atoms. The van der Waals surface area contributed by atoms with Gasteiger partial charge in [0.05, 0.1) is 19.6 Å². The summed E-state index contributed by atoms with van der Waals surface area (Å²) in [6, 6.07) is 4.80. The first kappa shape index (κ1) is 20.7. The summed E-state index contributed by atoms with van der Waals surface area (Å²) in [5.74, 6) is -0.934. The number of likely N-dealkylation sites (tertiary alicyclic amines) is 1. The van der Waals surface area contributed by atoms with Crippen molar-refractivity contribution in [1.82, 2.24) is 9.80 Å². The molecule has 0 spiro atoms. The lowest BCUT2D eigenvalue weighted by atomic mass is 9.86. The maximum atomic E-state index is 13.3. The number of benzene rings is 1. The van der Waals surface area contributed by atoms with Crippen molar-refractivity contribution in [2.75, 3.05) is 39.4 Å². The summed E-state index contributed by atoms with van der Waals surface area (Å²) in [5.41, 5.74) is 1.61. The first-order valence-electron chi connectivity index (χ1n) is 10.0. The summed E-state index contributed by atoms with van der Waals surface area (Å²) in [4.78, 5) is 28.2. The number of halogens is 1. The normalized spacial score (nSPS) is 23.6. The Hall–Kier alpha value is -1.99. The van der Waals surface area contributed by atoms with Gasteiger partial charge in [-0.15, -0.1) is 0 Å². The number of hydrogen-bond donors (Lipinski definition) is 1. The zero-order valence-corrected chi connectivity index (χ0v) is 16.4. The van der Waals surface area contributed by atoms with Crippen molar-refractivity contribution < 1.29 is 23.8 Å². The molecule has 0 aliphatic carbocycles. The zero-order chi connectivity index (χ0) is 20.1. The van der Waals surface area contributed by atoms with E-state index in [0.29, 0.717) is 38.8 Å². The molecule has 0 unspecified atom stereocenters. The second kappa shape index (κ2) is 9.47. The smallest absolute Gasteiger partial charge is 0.303 e. The second-order valence-corrected chi connectivity index (χ2v) is 7.78. The molecule has 1 aromatic carbocycles. The number of rotatable bonds is 6. The van der Waals surface area contributed by atoms with Crippen LogP contribution in [-0.4, -0.2) is 72.2 Å². The molecule has 2 heterocycles. The topological polar surface area (TPSA) is 70.1 Å². The number of nitrogens with zero attached hydrogens (tertiary/aromatic N) is 2. The Bertz CT molecular complexity index is 706. The van der Waals surface area contributed by atoms with Crippen LogP contribution in [0.1, 0.15) is 30.4 Å². The van der Waals surface area contributed by atoms with E-state index in [0.717, 1.165) is 30.6 Å². The zero-order valence-electron chi connectivity index (χ0n) is 16.4. The maximum Gasteiger partial charge on any atom is 0.303 e. The van der Waals surface area contributed by atoms with Gasteiger partial charge in [-0.1, -0.05) is 6.07 Å². The quantitative estimate of drug-likeness (QED) is 0.803. The Morgan fingerprint density at radius 2 is 2.00 bits per heavy atom. The van der Waals surface area contributed by atoms with E-state index in [2.05, 4.69) is 4.90 Å². The molecule has 3 rings (SSSR count). The molecule has 0 aromatic heterocycles. The van der Waals surface area contributed by atoms with Crippen LogP contribution in [0.4, 0.5) is 4.39 Å². The summed E-state index contributed by atoms with van der Waals surface area (Å²) in [6.07, 6.45) is 1.78. The van der Waals surface area contributed by atoms with Crippen LogP contribution in [0.3, 0.4) is 0 Å². The third-order valence-electron chi connectivity index (χ3n) is 5.94. The molecule has 1 aromatic rings. The minimum atomic E-state index is -0.800. The fraction of sp³-hybridized carbons (Fsp3) is 0.619. The molecule has 2 aliphatic rings. The van der Waals surface area contributed by atoms with Gasteiger partial charge < -0.3 is 14.7 Å². The Balaban J connectivity index is 1.65. The predicted molar refractivity (Wildman–Crippen MR) is 103 cm³/mol. The number of carbonyl (C=O) groups excluding carboxylic acids is 1. The molecule has 154 valence electrons. The molecule has 0 radical (unpaired) electrons. The lowest BCUT2D eigenvalue weighted by Crippen LogP contribution is -2.55. The number of hydrogen-bond acceptors (Lipinski definition) is 4. The summed E-state index contributed by atoms with van der Waals surface area (Å²) in [6.45, 7) is 6.18. The van der Waals surface area contributed by atoms with Crippen LogP contribution < -0.4 is 0 Å². The number of carboxylic acids is 1. The van der Waals surface area contributed by atoms with Gasteiger partial charge in [-0.05, 0) is 48.9 Å². The Labute approximate surface area is 165 Å². The first-order valence-corrected chi connectivity index (χ1v) is 10.0. The van der Waals surface area contributed by atoms with E-state index < -0.39 is 5.97 Å². The lowest BCUT2D eigenvalue weighted by molar-refractivity contribution is -0.138. The highest BCUT2D eigenvalue weighted by molar-refractivity contribution is 5.79. The monoisotopic (exact) mass is 392 g/mol. The van der Waals surface area contributed by atoms with Crippen molar-refractivity contribution in [2.24, 2.45) is 5.92 Å². The van der Waals surface area contributed by atoms with Crippen LogP contribution in [0.2, 0.25) is 0 Å². The Kier molecular flexibility index (Phi) is 7.02. The standard InChI is InChI=1S/C21H29FN2O4/c1-15-12-18(22)4-2-16(15)13-20(25)24-7-6-19(23-8-10-28-11-9-23)17(14-24)3-5-21(26)27/h2,4,12,17,19H,3,5-11,13-14H2,1H3,(H,26,27)/t17-,19+/m1/s1. The van der Waals surface area contributed by atoms with Crippen molar-refractivity contribution in [1.29, 1.82) is 0 Å². The van der Waals surface area contributed by atoms with Crippen molar-refractivity contribution in [2.45, 2.75) is 38.6 Å². The van der Waals surface area contributed by atoms with Gasteiger partial charge in [-0.3, -0.25) is 14.5 Å². The van der Waals surface area contributed by atoms with Gasteiger partial charge >= 0.3 is 5.97 Å². The van der Waals surface area contributed by atoms with Crippen molar-refractivity contribution in [3.05, 3.63) is 35.1 Å². The molecule has 2 atom stereocenters. The van der Waals surface area contributed by atoms with E-state index in [4.69, 9.17) is 9.84 Å². The minimum absolute atomic E-state index is 0.0236. The molecule has 6 nitrogen and oxygen atoms in total. The fourth-order valence-electron chi connectivity index (χ4n) is 4.36. The number of aliphatic carboxylic acids is 1. The highest BCUT2D eigenvalue weighted by Gasteiger charge is 2.35. The fourth-order valence-corrected chi connectivity index (χ4v) is 4.36. The molecule has 0 bridgehead atoms. The van der Waals surface area contributed by atoms with Crippen LogP contribution in [-0.2, 0) is 20.7 Å². The lowest BCUT2D eigenvalue weighted by Gasteiger charge is -2.45. The molecule has 2 fully saturated rings. The Morgan fingerprint density at radius 1 is 1.25 bits per heavy atom. The van der Waals surface area contributed by atoms with Gasteiger partial charge in [0.2, 0.25) is 5.91 Å². The molecule has 1 N–H and O–H groups in total. The van der Waals surface area contributed by atoms with Gasteiger partial charge in [-0.2, -0.15) is 0 Å². The number of carboxylic acid groups (broad SMARTS) is 1. The van der Waals surface area contributed by atoms with Crippen LogP contribution >= 0.6 is 0 Å². The van der Waals surface area contributed by atoms with Crippen LogP contribution in [0, 0.1) is 18.7 Å². The minimum Gasteiger partial charge on any atom is -0.481 e. The number of piperidine rings is 1. The Morgan fingerprint density at radius 3 is 2.68 bits per heavy atom. The van der Waals surface area contributed by atoms with Crippen molar-refractivity contribution >= 4 is 11.9 Å². The van der Waals surface area contributed by atoms with Crippen LogP contribution in [0.15, 0.2) is 18.2 Å². The van der Waals surface area contributed by atoms with E-state index >= 15 is 0 Å². The predicted octanol–water partition coefficient (Wildman–Crippen LogP) is 2.09. The van der Waals surface area contributed by atoms with Crippen molar-refractivity contribution in [3.8, 4) is 0 Å². The molecular formula is C21H29FN2O4. The second-order valence-electron chi connectivity index (χ2n) is 7.78. The summed E-state index contributed by atoms with van der Waals surface area (Å²) in [7, 11) is 0. The van der Waals surface area contributed by atoms with E-state index in [1.165, 1.54) is 12.1 Å². The highest BCUT2D eigenvalue weighted by Crippen LogP contribution is 2.27. The van der Waals surface area contributed by atoms with Crippen LogP contribution in [0.25, 0.3) is 0 Å². The molecule has 2 aliphatic heterocycles. The maximum absolute atomic E-state index is 13.3. The average molecular weight is 392 g/mol. The van der Waals surface area contributed by atoms with Gasteiger partial charge in [-0.25, -0.2) is 4.39 Å². The molecule has 0 saturated carbocycles. The molecule has 1 amide bonds. The summed E-state index contributed by atoms with van der Waals surface area (Å²) < 4.78 is 18.7. The summed E-state index contributed by atoms with van der Waals surface area (Å²) >= 11 is 0. The molecule has 7 heteroatoms. The van der Waals surface area contributed by atoms with E-state index in [1.807, 2.05) is 11.8 Å². The number of amides is 1. The average Bonchev–Trinajstić information content (AvgIpc) is 2.69. The number of morpholine rings is 1. The number of aryl methyl sites for hydroxylation is 1. The third kappa shape index (κ3) is 5.29. The van der Waals surface area contributed by atoms with Gasteiger partial charge in [0.15, 0.2) is 0 Å². The SMILES string of the molecule is Cc1cc(F)ccc1CC(=O)N1CC[C@H](N2CCOCC2)[C@H](CCC(=O)O)C1. The first-order chi connectivity index (χ1) is 13.4. The van der Waals surface area contributed by atoms with Crippen molar-refractivity contribution in [3.63, 3.8) is 0 Å². The van der Waals surface area contributed by atoms with Gasteiger partial charge in [0.25, 0.3) is 0 Å². The number of carbonyl (C=O) groups is 2.